The van der Waals surface area contributed by atoms with Crippen molar-refractivity contribution in [1.29, 1.82) is 0 Å². The Balaban J connectivity index is 1.47. The molecule has 2 N–H and O–H groups in total. The van der Waals surface area contributed by atoms with E-state index in [2.05, 4.69) is 20.8 Å². The van der Waals surface area contributed by atoms with E-state index in [4.69, 9.17) is 0 Å². The van der Waals surface area contributed by atoms with E-state index >= 15 is 0 Å². The van der Waals surface area contributed by atoms with Crippen LogP contribution in [0, 0.1) is 15.9 Å². The van der Waals surface area contributed by atoms with Crippen molar-refractivity contribution >= 4 is 51.4 Å². The Bertz CT molecular complexity index is 1070. The van der Waals surface area contributed by atoms with Crippen LogP contribution in [0.5, 0.6) is 0 Å². The van der Waals surface area contributed by atoms with Gasteiger partial charge in [-0.3, -0.25) is 19.7 Å². The molecular weight excluding hydrogens is 433 g/mol. The molecule has 2 amide bonds. The van der Waals surface area contributed by atoms with Gasteiger partial charge in [-0.15, -0.1) is 10.2 Å². The Hall–Kier alpha value is -3.38. The van der Waals surface area contributed by atoms with E-state index in [9.17, 15) is 24.1 Å². The molecular formula is C18H14FN5O4S2. The third-order valence-electron chi connectivity index (χ3n) is 3.60. The summed E-state index contributed by atoms with van der Waals surface area (Å²) in [5.74, 6) is -1.05. The SMILES string of the molecule is O=C(CSc1nnc(NC(=O)Cc2ccc(F)cc2)s1)Nc1cccc([N+](=O)[O-])c1. The zero-order valence-corrected chi connectivity index (χ0v) is 16.8. The monoisotopic (exact) mass is 447 g/mol. The minimum Gasteiger partial charge on any atom is -0.325 e. The molecule has 30 heavy (non-hydrogen) atoms. The van der Waals surface area contributed by atoms with Crippen molar-refractivity contribution in [3.05, 3.63) is 70.0 Å². The van der Waals surface area contributed by atoms with Crippen LogP contribution < -0.4 is 10.6 Å². The number of hydrogen-bond acceptors (Lipinski definition) is 8. The van der Waals surface area contributed by atoms with Crippen LogP contribution in [0.1, 0.15) is 5.56 Å². The molecule has 0 radical (unpaired) electrons. The number of amides is 2. The molecule has 0 spiro atoms. The summed E-state index contributed by atoms with van der Waals surface area (Å²) in [5.41, 5.74) is 0.859. The van der Waals surface area contributed by atoms with Crippen LogP contribution in [0.4, 0.5) is 20.9 Å². The topological polar surface area (TPSA) is 127 Å². The Labute approximate surface area is 177 Å². The summed E-state index contributed by atoms with van der Waals surface area (Å²) in [6.07, 6.45) is 0.0634. The molecule has 0 atom stereocenters. The summed E-state index contributed by atoms with van der Waals surface area (Å²) in [4.78, 5) is 34.3. The van der Waals surface area contributed by atoms with Crippen LogP contribution in [0.25, 0.3) is 0 Å². The number of hydrogen-bond donors (Lipinski definition) is 2. The Morgan fingerprint density at radius 2 is 1.87 bits per heavy atom. The number of benzene rings is 2. The smallest absolute Gasteiger partial charge is 0.271 e. The fraction of sp³-hybridized carbons (Fsp3) is 0.111. The lowest BCUT2D eigenvalue weighted by atomic mass is 10.1. The largest absolute Gasteiger partial charge is 0.325 e. The molecule has 0 bridgehead atoms. The second-order valence-electron chi connectivity index (χ2n) is 5.87. The number of non-ortho nitro benzene ring substituents is 1. The number of nitrogens with one attached hydrogen (secondary N) is 2. The summed E-state index contributed by atoms with van der Waals surface area (Å²) in [6, 6.07) is 11.2. The van der Waals surface area contributed by atoms with Gasteiger partial charge in [-0.1, -0.05) is 41.3 Å². The van der Waals surface area contributed by atoms with Gasteiger partial charge in [0.1, 0.15) is 5.82 Å². The van der Waals surface area contributed by atoms with Crippen molar-refractivity contribution in [3.8, 4) is 0 Å². The zero-order valence-electron chi connectivity index (χ0n) is 15.2. The van der Waals surface area contributed by atoms with E-state index in [1.54, 1.807) is 6.07 Å². The van der Waals surface area contributed by atoms with E-state index in [-0.39, 0.29) is 40.6 Å². The molecule has 1 aromatic heterocycles. The lowest BCUT2D eigenvalue weighted by molar-refractivity contribution is -0.384. The number of halogens is 1. The maximum atomic E-state index is 12.9. The lowest BCUT2D eigenvalue weighted by Crippen LogP contribution is -2.14. The van der Waals surface area contributed by atoms with Crippen LogP contribution in [0.3, 0.4) is 0 Å². The predicted octanol–water partition coefficient (Wildman–Crippen LogP) is 3.50. The fourth-order valence-electron chi connectivity index (χ4n) is 2.29. The number of carbonyl (C=O) groups is 2. The second-order valence-corrected chi connectivity index (χ2v) is 8.07. The molecule has 0 saturated carbocycles. The minimum atomic E-state index is -0.544. The molecule has 0 fully saturated rings. The molecule has 0 aliphatic heterocycles. The summed E-state index contributed by atoms with van der Waals surface area (Å²) >= 11 is 2.23. The Morgan fingerprint density at radius 3 is 2.60 bits per heavy atom. The number of thioether (sulfide) groups is 1. The average molecular weight is 447 g/mol. The standard InChI is InChI=1S/C18H14FN5O4S2/c19-12-6-4-11(5-7-12)8-15(25)21-17-22-23-18(30-17)29-10-16(26)20-13-2-1-3-14(9-13)24(27)28/h1-7,9H,8,10H2,(H,20,26)(H,21,22,25). The van der Waals surface area contributed by atoms with E-state index in [1.807, 2.05) is 0 Å². The molecule has 0 unspecified atom stereocenters. The number of nitro benzene ring substituents is 1. The number of aromatic nitrogens is 2. The molecule has 3 aromatic rings. The highest BCUT2D eigenvalue weighted by atomic mass is 32.2. The third kappa shape index (κ3) is 6.32. The Kier molecular flexibility index (Phi) is 7.03. The predicted molar refractivity (Wildman–Crippen MR) is 111 cm³/mol. The zero-order chi connectivity index (χ0) is 21.5. The first-order chi connectivity index (χ1) is 14.4. The molecule has 9 nitrogen and oxygen atoms in total. The first kappa shape index (κ1) is 21.3. The van der Waals surface area contributed by atoms with Crippen molar-refractivity contribution in [2.45, 2.75) is 10.8 Å². The van der Waals surface area contributed by atoms with Crippen LogP contribution in [0.2, 0.25) is 0 Å². The first-order valence-corrected chi connectivity index (χ1v) is 10.2. The molecule has 3 rings (SSSR count). The fourth-order valence-corrected chi connectivity index (χ4v) is 3.86. The minimum absolute atomic E-state index is 0.0147. The highest BCUT2D eigenvalue weighted by Gasteiger charge is 2.12. The lowest BCUT2D eigenvalue weighted by Gasteiger charge is -2.03. The van der Waals surface area contributed by atoms with Gasteiger partial charge in [0, 0.05) is 17.8 Å². The van der Waals surface area contributed by atoms with Gasteiger partial charge in [-0.25, -0.2) is 4.39 Å². The Morgan fingerprint density at radius 1 is 1.10 bits per heavy atom. The maximum absolute atomic E-state index is 12.9. The van der Waals surface area contributed by atoms with E-state index in [0.29, 0.717) is 15.6 Å². The number of nitro groups is 1. The van der Waals surface area contributed by atoms with E-state index in [1.165, 1.54) is 42.5 Å². The average Bonchev–Trinajstić information content (AvgIpc) is 3.15. The number of nitrogens with zero attached hydrogens (tertiary/aromatic N) is 3. The van der Waals surface area contributed by atoms with Gasteiger partial charge in [0.2, 0.25) is 16.9 Å². The van der Waals surface area contributed by atoms with Gasteiger partial charge in [0.25, 0.3) is 5.69 Å². The summed E-state index contributed by atoms with van der Waals surface area (Å²) in [7, 11) is 0. The summed E-state index contributed by atoms with van der Waals surface area (Å²) < 4.78 is 13.4. The third-order valence-corrected chi connectivity index (χ3v) is 5.57. The van der Waals surface area contributed by atoms with Crippen molar-refractivity contribution < 1.29 is 18.9 Å². The molecule has 0 saturated heterocycles. The summed E-state index contributed by atoms with van der Waals surface area (Å²) in [6.45, 7) is 0. The highest BCUT2D eigenvalue weighted by Crippen LogP contribution is 2.26. The molecule has 1 heterocycles. The summed E-state index contributed by atoms with van der Waals surface area (Å²) in [5, 5.41) is 24.0. The first-order valence-electron chi connectivity index (χ1n) is 8.44. The van der Waals surface area contributed by atoms with Gasteiger partial charge in [-0.2, -0.15) is 0 Å². The van der Waals surface area contributed by atoms with Crippen molar-refractivity contribution in [3.63, 3.8) is 0 Å². The van der Waals surface area contributed by atoms with Crippen molar-refractivity contribution in [2.75, 3.05) is 16.4 Å². The van der Waals surface area contributed by atoms with Crippen LogP contribution >= 0.6 is 23.1 Å². The molecule has 0 aliphatic rings. The number of carbonyl (C=O) groups excluding carboxylic acids is 2. The van der Waals surface area contributed by atoms with Gasteiger partial charge in [0.15, 0.2) is 4.34 Å². The quantitative estimate of drug-likeness (QED) is 0.234. The molecule has 2 aromatic carbocycles. The molecule has 0 aliphatic carbocycles. The van der Waals surface area contributed by atoms with Crippen molar-refractivity contribution in [1.82, 2.24) is 10.2 Å². The van der Waals surface area contributed by atoms with Crippen LogP contribution in [-0.2, 0) is 16.0 Å². The van der Waals surface area contributed by atoms with Crippen LogP contribution in [0.15, 0.2) is 52.9 Å². The van der Waals surface area contributed by atoms with Gasteiger partial charge < -0.3 is 10.6 Å². The van der Waals surface area contributed by atoms with Gasteiger partial charge in [-0.05, 0) is 23.8 Å². The van der Waals surface area contributed by atoms with Gasteiger partial charge in [0.05, 0.1) is 17.1 Å². The normalized spacial score (nSPS) is 10.4. The van der Waals surface area contributed by atoms with Crippen molar-refractivity contribution in [2.24, 2.45) is 0 Å². The number of rotatable bonds is 8. The molecule has 12 heteroatoms. The van der Waals surface area contributed by atoms with Crippen LogP contribution in [-0.4, -0.2) is 32.7 Å². The van der Waals surface area contributed by atoms with E-state index in [0.717, 1.165) is 23.1 Å². The van der Waals surface area contributed by atoms with Gasteiger partial charge >= 0.3 is 0 Å². The van der Waals surface area contributed by atoms with E-state index < -0.39 is 4.92 Å². The second kappa shape index (κ2) is 9.89. The number of anilines is 2. The molecule has 154 valence electrons. The highest BCUT2D eigenvalue weighted by molar-refractivity contribution is 8.01. The maximum Gasteiger partial charge on any atom is 0.271 e.